The van der Waals surface area contributed by atoms with Gasteiger partial charge in [0, 0.05) is 25.7 Å². The largest absolute Gasteiger partial charge is 0.472 e. The van der Waals surface area contributed by atoms with E-state index in [0.717, 1.165) is 114 Å². The number of phosphoric ester groups is 2. The summed E-state index contributed by atoms with van der Waals surface area (Å²) in [4.78, 5) is 72.9. The molecule has 0 bridgehead atoms. The molecule has 19 heteroatoms. The third-order valence-corrected chi connectivity index (χ3v) is 20.6. The van der Waals surface area contributed by atoms with Crippen LogP contribution in [0.2, 0.25) is 0 Å². The molecule has 0 aromatic rings. The SMILES string of the molecule is CCCCCCCCCCCCCCCCCCCCCC(=O)O[C@H](COC(=O)CCCCCCCCCCCCCCCCCC(C)C)COP(=O)(O)OC[C@@H](O)COP(=O)(O)OC[C@@H](COC(=O)CCCCCCCCC(C)CC)OC(=O)CCCCCCCCCCC(C)C. The second kappa shape index (κ2) is 69.4. The maximum absolute atomic E-state index is 13.1. The Kier molecular flexibility index (Phi) is 68.1. The molecule has 0 saturated heterocycles. The van der Waals surface area contributed by atoms with E-state index in [9.17, 15) is 43.2 Å². The summed E-state index contributed by atoms with van der Waals surface area (Å²) < 4.78 is 68.6. The van der Waals surface area contributed by atoms with E-state index in [4.69, 9.17) is 37.0 Å². The van der Waals surface area contributed by atoms with Crippen molar-refractivity contribution in [1.82, 2.24) is 0 Å². The molecule has 0 rings (SSSR count). The number of hydrogen-bond donors (Lipinski definition) is 3. The second-order valence-corrected chi connectivity index (χ2v) is 32.6. The molecular weight excluding hydrogens is 1280 g/mol. The Labute approximate surface area is 600 Å². The van der Waals surface area contributed by atoms with E-state index in [1.165, 1.54) is 212 Å². The maximum Gasteiger partial charge on any atom is 0.472 e. The van der Waals surface area contributed by atoms with E-state index in [1.54, 1.807) is 0 Å². The molecule has 0 radical (unpaired) electrons. The molecule has 3 unspecified atom stereocenters. The molecule has 0 spiro atoms. The zero-order chi connectivity index (χ0) is 72.3. The average Bonchev–Trinajstić information content (AvgIpc) is 1.21. The van der Waals surface area contributed by atoms with Crippen LogP contribution < -0.4 is 0 Å². The van der Waals surface area contributed by atoms with Crippen molar-refractivity contribution in [3.8, 4) is 0 Å². The van der Waals surface area contributed by atoms with Gasteiger partial charge in [-0.05, 0) is 43.4 Å². The van der Waals surface area contributed by atoms with Crippen molar-refractivity contribution in [3.05, 3.63) is 0 Å². The molecule has 3 N–H and O–H groups in total. The Morgan fingerprint density at radius 2 is 0.520 bits per heavy atom. The molecule has 0 heterocycles. The summed E-state index contributed by atoms with van der Waals surface area (Å²) in [7, 11) is -9.92. The smallest absolute Gasteiger partial charge is 0.462 e. The van der Waals surface area contributed by atoms with Crippen LogP contribution in [0.15, 0.2) is 0 Å². The van der Waals surface area contributed by atoms with E-state index < -0.39 is 97.5 Å². The Bertz CT molecular complexity index is 1910. The molecule has 0 aliphatic rings. The average molecular weight is 1440 g/mol. The Morgan fingerprint density at radius 3 is 0.776 bits per heavy atom. The number of carbonyl (C=O) groups is 4. The fraction of sp³-hybridized carbons (Fsp3) is 0.949. The molecule has 0 saturated carbocycles. The van der Waals surface area contributed by atoms with E-state index in [1.807, 2.05) is 0 Å². The van der Waals surface area contributed by atoms with Gasteiger partial charge in [-0.2, -0.15) is 0 Å². The van der Waals surface area contributed by atoms with Gasteiger partial charge in [0.15, 0.2) is 12.2 Å². The number of aliphatic hydroxyl groups is 1. The number of carbonyl (C=O) groups excluding carboxylic acids is 4. The molecular formula is C79H154O17P2. The third kappa shape index (κ3) is 71.1. The van der Waals surface area contributed by atoms with Gasteiger partial charge in [-0.1, -0.05) is 357 Å². The third-order valence-electron chi connectivity index (χ3n) is 18.7. The topological polar surface area (TPSA) is 237 Å². The molecule has 0 fully saturated rings. The fourth-order valence-corrected chi connectivity index (χ4v) is 13.7. The normalized spacial score (nSPS) is 14.3. The summed E-state index contributed by atoms with van der Waals surface area (Å²) in [5, 5.41) is 10.6. The first-order valence-electron chi connectivity index (χ1n) is 40.9. The lowest BCUT2D eigenvalue weighted by atomic mass is 10.00. The van der Waals surface area contributed by atoms with Gasteiger partial charge >= 0.3 is 39.5 Å². The van der Waals surface area contributed by atoms with Gasteiger partial charge in [0.05, 0.1) is 26.4 Å². The molecule has 6 atom stereocenters. The lowest BCUT2D eigenvalue weighted by Gasteiger charge is -2.21. The van der Waals surface area contributed by atoms with Gasteiger partial charge < -0.3 is 33.8 Å². The first-order valence-corrected chi connectivity index (χ1v) is 43.9. The summed E-state index contributed by atoms with van der Waals surface area (Å²) in [5.41, 5.74) is 0. The van der Waals surface area contributed by atoms with Crippen molar-refractivity contribution in [3.63, 3.8) is 0 Å². The number of aliphatic hydroxyl groups excluding tert-OH is 1. The van der Waals surface area contributed by atoms with Gasteiger partial charge in [-0.3, -0.25) is 37.3 Å². The summed E-state index contributed by atoms with van der Waals surface area (Å²) in [6.07, 6.45) is 57.1. The van der Waals surface area contributed by atoms with Crippen LogP contribution in [0.25, 0.3) is 0 Å². The minimum absolute atomic E-state index is 0.104. The molecule has 98 heavy (non-hydrogen) atoms. The molecule has 17 nitrogen and oxygen atoms in total. The molecule has 0 aromatic carbocycles. The monoisotopic (exact) mass is 1440 g/mol. The summed E-state index contributed by atoms with van der Waals surface area (Å²) in [5.74, 6) is 0.138. The van der Waals surface area contributed by atoms with Crippen LogP contribution in [-0.4, -0.2) is 96.7 Å². The molecule has 0 aliphatic carbocycles. The number of ether oxygens (including phenoxy) is 4. The van der Waals surface area contributed by atoms with Crippen LogP contribution in [0.1, 0.15) is 408 Å². The van der Waals surface area contributed by atoms with E-state index in [-0.39, 0.29) is 25.7 Å². The number of esters is 4. The summed E-state index contributed by atoms with van der Waals surface area (Å²) in [6, 6.07) is 0. The highest BCUT2D eigenvalue weighted by atomic mass is 31.2. The van der Waals surface area contributed by atoms with Crippen molar-refractivity contribution in [2.24, 2.45) is 17.8 Å². The van der Waals surface area contributed by atoms with Crippen LogP contribution >= 0.6 is 15.6 Å². The Morgan fingerprint density at radius 1 is 0.296 bits per heavy atom. The number of unbranched alkanes of at least 4 members (excludes halogenated alkanes) is 44. The van der Waals surface area contributed by atoms with Crippen molar-refractivity contribution in [2.45, 2.75) is 426 Å². The van der Waals surface area contributed by atoms with E-state index in [0.29, 0.717) is 25.7 Å². The van der Waals surface area contributed by atoms with Gasteiger partial charge in [0.2, 0.25) is 0 Å². The highest BCUT2D eigenvalue weighted by molar-refractivity contribution is 7.47. The first-order chi connectivity index (χ1) is 47.3. The van der Waals surface area contributed by atoms with Crippen LogP contribution in [0, 0.1) is 17.8 Å². The van der Waals surface area contributed by atoms with Crippen LogP contribution in [0.5, 0.6) is 0 Å². The Balaban J connectivity index is 5.22. The standard InChI is InChI=1S/C79H154O17P2/c1-8-10-11-12-13-14-15-16-17-18-19-20-23-27-30-33-39-48-55-62-78(83)95-74(66-89-76(81)60-53-46-38-32-29-26-24-21-22-25-28-31-36-43-50-57-70(3)4)68-93-97(85,86)91-64-73(80)65-92-98(87,88)94-69-75(67-90-77(82)61-54-47-42-41-45-52-59-72(7)9-2)96-79(84)63-56-49-40-35-34-37-44-51-58-71(5)6/h70-75,80H,8-69H2,1-7H3,(H,85,86)(H,87,88)/t72?,73-,74-,75-/m1/s1. The van der Waals surface area contributed by atoms with Crippen LogP contribution in [-0.2, 0) is 65.4 Å². The van der Waals surface area contributed by atoms with Crippen LogP contribution in [0.4, 0.5) is 0 Å². The first kappa shape index (κ1) is 96.1. The van der Waals surface area contributed by atoms with Gasteiger partial charge in [0.1, 0.15) is 19.3 Å². The highest BCUT2D eigenvalue weighted by Gasteiger charge is 2.30. The minimum atomic E-state index is -4.96. The number of phosphoric acid groups is 2. The minimum Gasteiger partial charge on any atom is -0.462 e. The van der Waals surface area contributed by atoms with Gasteiger partial charge in [-0.15, -0.1) is 0 Å². The Hall–Kier alpha value is -1.94. The molecule has 582 valence electrons. The van der Waals surface area contributed by atoms with Crippen molar-refractivity contribution >= 4 is 39.5 Å². The predicted octanol–water partition coefficient (Wildman–Crippen LogP) is 23.4. The van der Waals surface area contributed by atoms with Crippen LogP contribution in [0.3, 0.4) is 0 Å². The van der Waals surface area contributed by atoms with Crippen molar-refractivity contribution < 1.29 is 80.2 Å². The zero-order valence-corrected chi connectivity index (χ0v) is 66.0. The number of rotatable bonds is 77. The van der Waals surface area contributed by atoms with E-state index >= 15 is 0 Å². The van der Waals surface area contributed by atoms with Gasteiger partial charge in [-0.25, -0.2) is 9.13 Å². The fourth-order valence-electron chi connectivity index (χ4n) is 12.1. The van der Waals surface area contributed by atoms with Crippen molar-refractivity contribution in [2.75, 3.05) is 39.6 Å². The second-order valence-electron chi connectivity index (χ2n) is 29.6. The molecule has 0 aliphatic heterocycles. The lowest BCUT2D eigenvalue weighted by Crippen LogP contribution is -2.30. The molecule has 0 amide bonds. The summed E-state index contributed by atoms with van der Waals surface area (Å²) >= 11 is 0. The van der Waals surface area contributed by atoms with Crippen molar-refractivity contribution in [1.29, 1.82) is 0 Å². The van der Waals surface area contributed by atoms with E-state index in [2.05, 4.69) is 48.5 Å². The lowest BCUT2D eigenvalue weighted by molar-refractivity contribution is -0.161. The van der Waals surface area contributed by atoms with Gasteiger partial charge in [0.25, 0.3) is 0 Å². The summed E-state index contributed by atoms with van der Waals surface area (Å²) in [6.45, 7) is 11.9. The number of hydrogen-bond acceptors (Lipinski definition) is 15. The highest BCUT2D eigenvalue weighted by Crippen LogP contribution is 2.45. The zero-order valence-electron chi connectivity index (χ0n) is 64.3. The molecule has 0 aromatic heterocycles. The predicted molar refractivity (Wildman–Crippen MR) is 400 cm³/mol. The quantitative estimate of drug-likeness (QED) is 0.0222. The maximum atomic E-state index is 13.1.